The summed E-state index contributed by atoms with van der Waals surface area (Å²) in [4.78, 5) is 11.1. The van der Waals surface area contributed by atoms with Gasteiger partial charge >= 0.3 is 0 Å². The van der Waals surface area contributed by atoms with Crippen molar-refractivity contribution in [2.45, 2.75) is 45.8 Å². The summed E-state index contributed by atoms with van der Waals surface area (Å²) < 4.78 is 6.14. The molecule has 0 amide bonds. The van der Waals surface area contributed by atoms with Gasteiger partial charge in [0.2, 0.25) is 0 Å². The Balaban J connectivity index is 0.00000102. The van der Waals surface area contributed by atoms with E-state index in [-0.39, 0.29) is 6.10 Å². The number of nitrogens with one attached hydrogen (secondary N) is 1. The lowest BCUT2D eigenvalue weighted by molar-refractivity contribution is 0.171. The third kappa shape index (κ3) is 6.69. The lowest BCUT2D eigenvalue weighted by Crippen LogP contribution is -2.39. The molecule has 0 aliphatic carbocycles. The fourth-order valence-corrected chi connectivity index (χ4v) is 4.48. The van der Waals surface area contributed by atoms with Crippen molar-refractivity contribution in [1.29, 1.82) is 5.26 Å². The molecular weight excluding hydrogens is 482 g/mol. The minimum atomic E-state index is 0.139. The van der Waals surface area contributed by atoms with Crippen LogP contribution in [-0.2, 0) is 6.54 Å². The van der Waals surface area contributed by atoms with Crippen LogP contribution in [0.4, 0.5) is 11.5 Å². The molecule has 1 fully saturated rings. The van der Waals surface area contributed by atoms with Gasteiger partial charge in [0.1, 0.15) is 29.3 Å². The second-order valence-corrected chi connectivity index (χ2v) is 9.42. The highest BCUT2D eigenvalue weighted by atomic mass is 35.5. The van der Waals surface area contributed by atoms with Crippen molar-refractivity contribution in [3.8, 4) is 11.8 Å². The van der Waals surface area contributed by atoms with Crippen LogP contribution < -0.4 is 15.0 Å². The molecule has 3 heterocycles. The van der Waals surface area contributed by atoms with Crippen LogP contribution in [0.1, 0.15) is 44.2 Å². The largest absolute Gasteiger partial charge is 0.490 e. The maximum absolute atomic E-state index is 10.2. The number of aromatic nitrogens is 2. The number of anilines is 2. The Morgan fingerprint density at radius 1 is 1.03 bits per heavy atom. The summed E-state index contributed by atoms with van der Waals surface area (Å²) in [6, 6.07) is 21.9. The first-order valence-electron chi connectivity index (χ1n) is 12.8. The number of nitrogens with zero attached hydrogens (tertiary/aromatic N) is 4. The zero-order chi connectivity index (χ0) is 26.0. The number of ether oxygens (including phenoxy) is 1. The molecule has 0 unspecified atom stereocenters. The number of nitriles is 1. The number of pyridine rings is 2. The Hall–Kier alpha value is -3.82. The second kappa shape index (κ2) is 12.9. The zero-order valence-corrected chi connectivity index (χ0v) is 22.1. The normalized spacial score (nSPS) is 13.4. The van der Waals surface area contributed by atoms with E-state index in [0.29, 0.717) is 22.9 Å². The molecule has 190 valence electrons. The molecule has 2 aromatic carbocycles. The molecule has 0 radical (unpaired) electrons. The van der Waals surface area contributed by atoms with Crippen LogP contribution in [0, 0.1) is 11.3 Å². The number of fused-ring (bicyclic) bond motifs is 1. The van der Waals surface area contributed by atoms with Gasteiger partial charge in [0.25, 0.3) is 0 Å². The molecule has 4 aromatic rings. The van der Waals surface area contributed by atoms with Crippen molar-refractivity contribution >= 4 is 34.0 Å². The molecule has 1 aliphatic heterocycles. The van der Waals surface area contributed by atoms with Gasteiger partial charge < -0.3 is 15.0 Å². The van der Waals surface area contributed by atoms with E-state index < -0.39 is 0 Å². The van der Waals surface area contributed by atoms with Crippen LogP contribution >= 0.6 is 11.6 Å². The molecule has 1 N–H and O–H groups in total. The maximum Gasteiger partial charge on any atom is 0.147 e. The highest BCUT2D eigenvalue weighted by Gasteiger charge is 2.26. The second-order valence-electron chi connectivity index (χ2n) is 8.99. The predicted molar refractivity (Wildman–Crippen MR) is 151 cm³/mol. The van der Waals surface area contributed by atoms with Crippen molar-refractivity contribution in [1.82, 2.24) is 9.97 Å². The molecule has 6 nitrogen and oxygen atoms in total. The molecule has 1 saturated heterocycles. The van der Waals surface area contributed by atoms with E-state index >= 15 is 0 Å². The molecule has 2 aromatic heterocycles. The smallest absolute Gasteiger partial charge is 0.147 e. The molecule has 0 spiro atoms. The van der Waals surface area contributed by atoms with Gasteiger partial charge in [0, 0.05) is 55.3 Å². The van der Waals surface area contributed by atoms with Crippen LogP contribution in [-0.4, -0.2) is 29.2 Å². The number of hydrogen-bond donors (Lipinski definition) is 1. The van der Waals surface area contributed by atoms with Crippen molar-refractivity contribution in [3.05, 3.63) is 89.2 Å². The molecule has 5 rings (SSSR count). The van der Waals surface area contributed by atoms with E-state index in [9.17, 15) is 5.26 Å². The van der Waals surface area contributed by atoms with Crippen LogP contribution in [0.2, 0.25) is 5.02 Å². The lowest BCUT2D eigenvalue weighted by Gasteiger charge is -2.35. The Bertz CT molecular complexity index is 1330. The zero-order valence-electron chi connectivity index (χ0n) is 21.3. The van der Waals surface area contributed by atoms with Crippen molar-refractivity contribution < 1.29 is 4.74 Å². The van der Waals surface area contributed by atoms with E-state index in [4.69, 9.17) is 21.3 Å². The maximum atomic E-state index is 10.2. The van der Waals surface area contributed by atoms with Gasteiger partial charge in [-0.3, -0.25) is 4.98 Å². The third-order valence-electron chi connectivity index (χ3n) is 6.06. The molecular formula is C30H32ClN5O. The topological polar surface area (TPSA) is 74.1 Å². The summed E-state index contributed by atoms with van der Waals surface area (Å²) in [5, 5.41) is 15.2. The number of hydrogen-bond acceptors (Lipinski definition) is 6. The lowest BCUT2D eigenvalue weighted by atomic mass is 10.0. The number of piperidine rings is 1. The summed E-state index contributed by atoms with van der Waals surface area (Å²) in [6.45, 7) is 6.41. The van der Waals surface area contributed by atoms with Gasteiger partial charge in [-0.05, 0) is 35.9 Å². The Kier molecular flexibility index (Phi) is 9.18. The number of rotatable bonds is 6. The molecule has 37 heavy (non-hydrogen) atoms. The summed E-state index contributed by atoms with van der Waals surface area (Å²) in [6.07, 6.45) is 6.62. The molecule has 0 bridgehead atoms. The van der Waals surface area contributed by atoms with Crippen LogP contribution in [0.25, 0.3) is 10.9 Å². The Morgan fingerprint density at radius 2 is 1.70 bits per heavy atom. The van der Waals surface area contributed by atoms with E-state index in [2.05, 4.69) is 35.1 Å². The van der Waals surface area contributed by atoms with E-state index in [1.807, 2.05) is 60.7 Å². The van der Waals surface area contributed by atoms with Crippen molar-refractivity contribution in [3.63, 3.8) is 0 Å². The third-order valence-corrected chi connectivity index (χ3v) is 6.31. The molecule has 1 aliphatic rings. The van der Waals surface area contributed by atoms with Gasteiger partial charge in [-0.25, -0.2) is 4.98 Å². The monoisotopic (exact) mass is 513 g/mol. The SMILES string of the molecule is CCC.N#Cc1c(NCc2ccc(Cl)cc2)nc2ccccc2c1N1CCC(Oc2ccncc2)CC1. The number of benzene rings is 2. The van der Waals surface area contributed by atoms with E-state index in [1.165, 1.54) is 6.42 Å². The molecule has 7 heteroatoms. The standard InChI is InChI=1S/C27H24ClN5O.C3H8/c28-20-7-5-19(6-8-20)18-31-27-24(17-29)26(23-3-1-2-4-25(23)32-27)33-15-11-22(12-16-33)34-21-9-13-30-14-10-21;1-3-2/h1-10,13-14,22H,11-12,15-16,18H2,(H,31,32);3H2,1-2H3. The van der Waals surface area contributed by atoms with E-state index in [0.717, 1.165) is 53.8 Å². The van der Waals surface area contributed by atoms with Crippen molar-refractivity contribution in [2.24, 2.45) is 0 Å². The summed E-state index contributed by atoms with van der Waals surface area (Å²) in [5.41, 5.74) is 3.44. The summed E-state index contributed by atoms with van der Waals surface area (Å²) >= 11 is 6.01. The van der Waals surface area contributed by atoms with Crippen LogP contribution in [0.5, 0.6) is 5.75 Å². The summed E-state index contributed by atoms with van der Waals surface area (Å²) in [7, 11) is 0. The van der Waals surface area contributed by atoms with Gasteiger partial charge in [0.15, 0.2) is 0 Å². The Labute approximate surface area is 223 Å². The minimum Gasteiger partial charge on any atom is -0.490 e. The Morgan fingerprint density at radius 3 is 2.38 bits per heavy atom. The molecule has 0 atom stereocenters. The van der Waals surface area contributed by atoms with Gasteiger partial charge in [-0.15, -0.1) is 0 Å². The number of halogens is 1. The predicted octanol–water partition coefficient (Wildman–Crippen LogP) is 7.23. The van der Waals surface area contributed by atoms with Gasteiger partial charge in [0.05, 0.1) is 11.2 Å². The fraction of sp³-hybridized carbons (Fsp3) is 0.300. The first-order chi connectivity index (χ1) is 18.1. The highest BCUT2D eigenvalue weighted by molar-refractivity contribution is 6.30. The van der Waals surface area contributed by atoms with Gasteiger partial charge in [-0.2, -0.15) is 5.26 Å². The van der Waals surface area contributed by atoms with Crippen molar-refractivity contribution in [2.75, 3.05) is 23.3 Å². The fourth-order valence-electron chi connectivity index (χ4n) is 4.35. The average Bonchev–Trinajstić information content (AvgIpc) is 2.93. The average molecular weight is 514 g/mol. The van der Waals surface area contributed by atoms with Gasteiger partial charge in [-0.1, -0.05) is 62.2 Å². The highest BCUT2D eigenvalue weighted by Crippen LogP contribution is 2.36. The number of para-hydroxylation sites is 1. The van der Waals surface area contributed by atoms with Crippen LogP contribution in [0.15, 0.2) is 73.1 Å². The summed E-state index contributed by atoms with van der Waals surface area (Å²) in [5.74, 6) is 1.44. The van der Waals surface area contributed by atoms with Crippen LogP contribution in [0.3, 0.4) is 0 Å². The van der Waals surface area contributed by atoms with E-state index in [1.54, 1.807) is 12.4 Å². The molecule has 0 saturated carbocycles. The minimum absolute atomic E-state index is 0.139. The quantitative estimate of drug-likeness (QED) is 0.293. The first kappa shape index (κ1) is 26.2. The first-order valence-corrected chi connectivity index (χ1v) is 13.1.